The number of para-hydroxylation sites is 1. The van der Waals surface area contributed by atoms with Gasteiger partial charge in [-0.3, -0.25) is 19.5 Å². The average Bonchev–Trinajstić information content (AvgIpc) is 2.69. The molecule has 1 heterocycles. The van der Waals surface area contributed by atoms with Gasteiger partial charge >= 0.3 is 6.09 Å². The molecule has 8 heteroatoms. The highest BCUT2D eigenvalue weighted by Gasteiger charge is 2.31. The maximum Gasteiger partial charge on any atom is 0.413 e. The lowest BCUT2D eigenvalue weighted by Gasteiger charge is -2.36. The number of hydrogen-bond acceptors (Lipinski definition) is 6. The van der Waals surface area contributed by atoms with E-state index in [4.69, 9.17) is 4.74 Å². The molecule has 1 aromatic carbocycles. The Balaban J connectivity index is 1.93. The summed E-state index contributed by atoms with van der Waals surface area (Å²) in [6, 6.07) is 7.31. The van der Waals surface area contributed by atoms with Crippen LogP contribution in [0.25, 0.3) is 10.9 Å². The molecule has 2 aromatic rings. The van der Waals surface area contributed by atoms with Crippen LogP contribution < -0.4 is 10.9 Å². The van der Waals surface area contributed by atoms with E-state index < -0.39 is 12.0 Å². The van der Waals surface area contributed by atoms with Gasteiger partial charge in [0, 0.05) is 6.04 Å². The van der Waals surface area contributed by atoms with Crippen molar-refractivity contribution in [3.63, 3.8) is 0 Å². The lowest BCUT2D eigenvalue weighted by atomic mass is 9.78. The number of thioether (sulfide) groups is 1. The summed E-state index contributed by atoms with van der Waals surface area (Å²) in [6.45, 7) is 6.26. The summed E-state index contributed by atoms with van der Waals surface area (Å²) in [4.78, 5) is 41.6. The Morgan fingerprint density at radius 3 is 2.79 bits per heavy atom. The van der Waals surface area contributed by atoms with Crippen LogP contribution in [0.2, 0.25) is 0 Å². The maximum atomic E-state index is 13.3. The number of amides is 2. The van der Waals surface area contributed by atoms with E-state index in [-0.39, 0.29) is 24.0 Å². The highest BCUT2D eigenvalue weighted by atomic mass is 32.2. The summed E-state index contributed by atoms with van der Waals surface area (Å²) >= 11 is 1.17. The molecule has 3 atom stereocenters. The largest absolute Gasteiger partial charge is 0.450 e. The summed E-state index contributed by atoms with van der Waals surface area (Å²) in [5, 5.41) is 3.28. The van der Waals surface area contributed by atoms with Gasteiger partial charge in [-0.15, -0.1) is 0 Å². The molecule has 0 radical (unpaired) electrons. The molecule has 1 fully saturated rings. The highest BCUT2D eigenvalue weighted by Crippen LogP contribution is 2.38. The van der Waals surface area contributed by atoms with Crippen LogP contribution in [-0.4, -0.2) is 33.9 Å². The van der Waals surface area contributed by atoms with Gasteiger partial charge < -0.3 is 4.74 Å². The minimum atomic E-state index is -0.767. The van der Waals surface area contributed by atoms with Gasteiger partial charge in [0.05, 0.1) is 23.3 Å². The zero-order chi connectivity index (χ0) is 21.0. The number of benzene rings is 1. The first-order valence-corrected chi connectivity index (χ1v) is 11.0. The van der Waals surface area contributed by atoms with E-state index in [2.05, 4.69) is 24.1 Å². The predicted octanol–water partition coefficient (Wildman–Crippen LogP) is 3.76. The number of aromatic nitrogens is 2. The molecule has 7 nitrogen and oxygen atoms in total. The van der Waals surface area contributed by atoms with Crippen molar-refractivity contribution in [1.29, 1.82) is 0 Å². The number of carbonyl (C=O) groups excluding carboxylic acids is 2. The van der Waals surface area contributed by atoms with E-state index in [0.29, 0.717) is 27.9 Å². The third-order valence-electron chi connectivity index (χ3n) is 5.62. The lowest BCUT2D eigenvalue weighted by molar-refractivity contribution is -0.117. The van der Waals surface area contributed by atoms with E-state index in [1.54, 1.807) is 23.6 Å². The number of nitrogens with zero attached hydrogens (tertiary/aromatic N) is 2. The Labute approximate surface area is 174 Å². The van der Waals surface area contributed by atoms with E-state index in [1.807, 2.05) is 12.1 Å². The predicted molar refractivity (Wildman–Crippen MR) is 113 cm³/mol. The number of alkyl carbamates (subject to hydrolysis) is 1. The quantitative estimate of drug-likeness (QED) is 0.588. The zero-order valence-electron chi connectivity index (χ0n) is 17.0. The van der Waals surface area contributed by atoms with Crippen molar-refractivity contribution in [2.45, 2.75) is 51.2 Å². The highest BCUT2D eigenvalue weighted by molar-refractivity contribution is 7.99. The minimum Gasteiger partial charge on any atom is -0.450 e. The van der Waals surface area contributed by atoms with Crippen LogP contribution in [0.15, 0.2) is 34.2 Å². The first kappa shape index (κ1) is 21.4. The summed E-state index contributed by atoms with van der Waals surface area (Å²) in [7, 11) is 0. The van der Waals surface area contributed by atoms with Crippen LogP contribution in [0.3, 0.4) is 0 Å². The van der Waals surface area contributed by atoms with Crippen LogP contribution >= 0.6 is 11.8 Å². The van der Waals surface area contributed by atoms with Gasteiger partial charge in [0.15, 0.2) is 5.16 Å². The fourth-order valence-electron chi connectivity index (χ4n) is 3.89. The van der Waals surface area contributed by atoms with E-state index in [0.717, 1.165) is 19.3 Å². The van der Waals surface area contributed by atoms with Crippen LogP contribution in [-0.2, 0) is 9.53 Å². The molecule has 2 amide bonds. The normalized spacial score (nSPS) is 21.7. The van der Waals surface area contributed by atoms with Gasteiger partial charge in [-0.2, -0.15) is 0 Å². The molecule has 29 heavy (non-hydrogen) atoms. The Morgan fingerprint density at radius 1 is 1.28 bits per heavy atom. The second kappa shape index (κ2) is 9.43. The molecule has 0 aliphatic heterocycles. The van der Waals surface area contributed by atoms with Gasteiger partial charge in [-0.25, -0.2) is 9.78 Å². The van der Waals surface area contributed by atoms with Crippen molar-refractivity contribution in [3.8, 4) is 0 Å². The van der Waals surface area contributed by atoms with Crippen LogP contribution in [0.4, 0.5) is 4.79 Å². The topological polar surface area (TPSA) is 90.3 Å². The number of nitrogens with one attached hydrogen (secondary N) is 1. The second-order valence-corrected chi connectivity index (χ2v) is 8.42. The number of imide groups is 1. The Kier molecular flexibility index (Phi) is 6.95. The Hall–Kier alpha value is -2.35. The number of rotatable bonds is 5. The molecule has 0 unspecified atom stereocenters. The van der Waals surface area contributed by atoms with E-state index in [1.165, 1.54) is 11.8 Å². The minimum absolute atomic E-state index is 0.0275. The molecule has 0 bridgehead atoms. The third kappa shape index (κ3) is 4.80. The molecule has 1 aliphatic carbocycles. The molecular weight excluding hydrogens is 390 g/mol. The number of carbonyl (C=O) groups is 2. The van der Waals surface area contributed by atoms with Gasteiger partial charge in [0.25, 0.3) is 5.56 Å². The van der Waals surface area contributed by atoms with Crippen molar-refractivity contribution in [3.05, 3.63) is 34.6 Å². The molecule has 1 aliphatic rings. The van der Waals surface area contributed by atoms with Crippen molar-refractivity contribution in [2.75, 3.05) is 12.4 Å². The summed E-state index contributed by atoms with van der Waals surface area (Å²) in [5.41, 5.74) is 0.536. The Morgan fingerprint density at radius 2 is 2.03 bits per heavy atom. The third-order valence-corrected chi connectivity index (χ3v) is 6.57. The number of hydrogen-bond donors (Lipinski definition) is 1. The Bertz CT molecular complexity index is 959. The van der Waals surface area contributed by atoms with Crippen molar-refractivity contribution in [1.82, 2.24) is 14.9 Å². The van der Waals surface area contributed by atoms with Gasteiger partial charge in [0.2, 0.25) is 5.91 Å². The monoisotopic (exact) mass is 417 g/mol. The summed E-state index contributed by atoms with van der Waals surface area (Å²) < 4.78 is 6.50. The van der Waals surface area contributed by atoms with Crippen molar-refractivity contribution in [2.24, 2.45) is 11.8 Å². The fourth-order valence-corrected chi connectivity index (χ4v) is 4.74. The van der Waals surface area contributed by atoms with Crippen molar-refractivity contribution < 1.29 is 14.3 Å². The fraction of sp³-hybridized carbons (Fsp3) is 0.524. The van der Waals surface area contributed by atoms with E-state index in [9.17, 15) is 14.4 Å². The molecule has 0 saturated heterocycles. The van der Waals surface area contributed by atoms with Gasteiger partial charge in [0.1, 0.15) is 0 Å². The number of fused-ring (bicyclic) bond motifs is 1. The van der Waals surface area contributed by atoms with E-state index >= 15 is 0 Å². The van der Waals surface area contributed by atoms with Gasteiger partial charge in [-0.05, 0) is 37.3 Å². The first-order chi connectivity index (χ1) is 13.9. The summed E-state index contributed by atoms with van der Waals surface area (Å²) in [5.74, 6) is 0.335. The van der Waals surface area contributed by atoms with Crippen LogP contribution in [0, 0.1) is 11.8 Å². The standard InChI is InChI=1S/C21H27N3O4S/c1-4-28-21(27)23-18(25)12-29-20-22-16-10-6-5-9-15(16)19(26)24(20)17-11-7-8-13(2)14(17)3/h5-6,9-10,13-14,17H,4,7-8,11-12H2,1-3H3,(H,23,25,27)/t13-,14+,17-/m1/s1. The maximum absolute atomic E-state index is 13.3. The molecular formula is C21H27N3O4S. The molecule has 1 saturated carbocycles. The molecule has 1 N–H and O–H groups in total. The second-order valence-electron chi connectivity index (χ2n) is 7.48. The zero-order valence-corrected chi connectivity index (χ0v) is 17.8. The molecule has 3 rings (SSSR count). The summed E-state index contributed by atoms with van der Waals surface area (Å²) in [6.07, 6.45) is 2.35. The molecule has 1 aromatic heterocycles. The SMILES string of the molecule is CCOC(=O)NC(=O)CSc1nc2ccccc2c(=O)n1[C@@H]1CCC[C@@H](C)[C@@H]1C. The lowest BCUT2D eigenvalue weighted by Crippen LogP contribution is -2.36. The van der Waals surface area contributed by atoms with Crippen LogP contribution in [0.1, 0.15) is 46.1 Å². The number of ether oxygens (including phenoxy) is 1. The average molecular weight is 418 g/mol. The van der Waals surface area contributed by atoms with Crippen LogP contribution in [0.5, 0.6) is 0 Å². The first-order valence-electron chi connectivity index (χ1n) is 10.0. The molecule has 156 valence electrons. The van der Waals surface area contributed by atoms with Crippen molar-refractivity contribution >= 4 is 34.7 Å². The van der Waals surface area contributed by atoms with Gasteiger partial charge in [-0.1, -0.05) is 50.6 Å². The smallest absolute Gasteiger partial charge is 0.413 e. The molecule has 0 spiro atoms.